The summed E-state index contributed by atoms with van der Waals surface area (Å²) in [5, 5.41) is 0. The number of fused-ring (bicyclic) bond motifs is 1. The van der Waals surface area contributed by atoms with Crippen LogP contribution in [0.4, 0.5) is 0 Å². The van der Waals surface area contributed by atoms with Crippen molar-refractivity contribution >= 4 is 21.7 Å². The van der Waals surface area contributed by atoms with Gasteiger partial charge in [-0.05, 0) is 30.5 Å². The zero-order chi connectivity index (χ0) is 14.2. The second-order valence-corrected chi connectivity index (χ2v) is 6.12. The third kappa shape index (κ3) is 2.40. The number of rotatable bonds is 3. The first-order valence-electron chi connectivity index (χ1n) is 6.03. The van der Waals surface area contributed by atoms with E-state index < -0.39 is 16.0 Å². The molecule has 102 valence electrons. The molecule has 0 amide bonds. The Morgan fingerprint density at radius 3 is 2.63 bits per heavy atom. The molecule has 0 saturated carbocycles. The number of hydrogen-bond acceptors (Lipinski definition) is 4. The van der Waals surface area contributed by atoms with Gasteiger partial charge in [-0.15, -0.1) is 0 Å². The Balaban J connectivity index is 2.58. The fourth-order valence-electron chi connectivity index (χ4n) is 1.88. The maximum Gasteiger partial charge on any atom is 0.358 e. The highest BCUT2D eigenvalue weighted by atomic mass is 32.2. The van der Waals surface area contributed by atoms with Crippen molar-refractivity contribution in [3.8, 4) is 0 Å². The molecule has 0 radical (unpaired) electrons. The van der Waals surface area contributed by atoms with Gasteiger partial charge >= 0.3 is 5.97 Å². The highest BCUT2D eigenvalue weighted by molar-refractivity contribution is 7.90. The monoisotopic (exact) mass is 281 g/mol. The smallest absolute Gasteiger partial charge is 0.358 e. The van der Waals surface area contributed by atoms with Crippen LogP contribution in [-0.2, 0) is 19.6 Å². The molecule has 0 saturated heterocycles. The summed E-state index contributed by atoms with van der Waals surface area (Å²) in [5.74, 6) is -0.470. The van der Waals surface area contributed by atoms with Crippen molar-refractivity contribution in [2.24, 2.45) is 4.40 Å². The van der Waals surface area contributed by atoms with Gasteiger partial charge in [0.05, 0.1) is 11.5 Å². The average Bonchev–Trinajstić information content (AvgIpc) is 2.61. The van der Waals surface area contributed by atoms with E-state index in [1.165, 1.54) is 6.07 Å². The van der Waals surface area contributed by atoms with Crippen LogP contribution in [0, 0.1) is 0 Å². The summed E-state index contributed by atoms with van der Waals surface area (Å²) in [5.41, 5.74) is 1.16. The van der Waals surface area contributed by atoms with Crippen LogP contribution in [0.1, 0.15) is 37.8 Å². The molecule has 0 unspecified atom stereocenters. The first-order chi connectivity index (χ1) is 8.86. The first kappa shape index (κ1) is 13.7. The molecule has 19 heavy (non-hydrogen) atoms. The van der Waals surface area contributed by atoms with Crippen LogP contribution in [0.25, 0.3) is 0 Å². The lowest BCUT2D eigenvalue weighted by atomic mass is 9.99. The first-order valence-corrected chi connectivity index (χ1v) is 7.47. The van der Waals surface area contributed by atoms with Gasteiger partial charge in [-0.2, -0.15) is 12.8 Å². The van der Waals surface area contributed by atoms with E-state index >= 15 is 0 Å². The van der Waals surface area contributed by atoms with E-state index in [2.05, 4.69) is 4.40 Å². The van der Waals surface area contributed by atoms with Crippen molar-refractivity contribution < 1.29 is 17.9 Å². The molecule has 1 aromatic rings. The number of carbonyl (C=O) groups is 1. The van der Waals surface area contributed by atoms with E-state index in [1.54, 1.807) is 19.1 Å². The maximum absolute atomic E-state index is 11.9. The van der Waals surface area contributed by atoms with Gasteiger partial charge in [-0.25, -0.2) is 4.79 Å². The molecular weight excluding hydrogens is 266 g/mol. The molecule has 1 aromatic carbocycles. The van der Waals surface area contributed by atoms with Crippen molar-refractivity contribution in [1.29, 1.82) is 0 Å². The topological polar surface area (TPSA) is 72.8 Å². The van der Waals surface area contributed by atoms with Crippen LogP contribution in [0.3, 0.4) is 0 Å². The van der Waals surface area contributed by atoms with E-state index in [0.717, 1.165) is 5.56 Å². The van der Waals surface area contributed by atoms with Gasteiger partial charge in [0.1, 0.15) is 0 Å². The lowest BCUT2D eigenvalue weighted by Gasteiger charge is -2.08. The minimum absolute atomic E-state index is 0.0694. The zero-order valence-electron chi connectivity index (χ0n) is 11.0. The van der Waals surface area contributed by atoms with Crippen LogP contribution >= 0.6 is 0 Å². The highest BCUT2D eigenvalue weighted by Crippen LogP contribution is 2.29. The van der Waals surface area contributed by atoms with Crippen LogP contribution in [0.5, 0.6) is 0 Å². The normalized spacial score (nSPS) is 16.1. The number of nitrogens with zero attached hydrogens (tertiary/aromatic N) is 1. The Morgan fingerprint density at radius 2 is 2.05 bits per heavy atom. The Morgan fingerprint density at radius 1 is 1.37 bits per heavy atom. The molecule has 0 aromatic heterocycles. The maximum atomic E-state index is 11.9. The molecule has 2 rings (SSSR count). The van der Waals surface area contributed by atoms with Crippen molar-refractivity contribution in [2.75, 3.05) is 6.61 Å². The van der Waals surface area contributed by atoms with Crippen LogP contribution in [0.15, 0.2) is 27.5 Å². The lowest BCUT2D eigenvalue weighted by Crippen LogP contribution is -2.17. The SMILES string of the molecule is CCOC(=O)C1=NS(=O)(=O)c2ccc(C(C)C)cc21. The molecule has 1 heterocycles. The van der Waals surface area contributed by atoms with E-state index in [9.17, 15) is 13.2 Å². The molecule has 5 nitrogen and oxygen atoms in total. The van der Waals surface area contributed by atoms with Crippen molar-refractivity contribution in [3.63, 3.8) is 0 Å². The summed E-state index contributed by atoms with van der Waals surface area (Å²) in [7, 11) is -3.77. The van der Waals surface area contributed by atoms with Gasteiger partial charge in [0.15, 0.2) is 5.71 Å². The molecule has 0 atom stereocenters. The molecule has 0 fully saturated rings. The van der Waals surface area contributed by atoms with Crippen molar-refractivity contribution in [3.05, 3.63) is 29.3 Å². The summed E-state index contributed by atoms with van der Waals surface area (Å²) in [6.45, 7) is 5.82. The number of hydrogen-bond donors (Lipinski definition) is 0. The molecule has 6 heteroatoms. The van der Waals surface area contributed by atoms with Gasteiger partial charge in [-0.1, -0.05) is 19.9 Å². The van der Waals surface area contributed by atoms with Crippen molar-refractivity contribution in [1.82, 2.24) is 0 Å². The summed E-state index contributed by atoms with van der Waals surface area (Å²) < 4.78 is 32.1. The number of benzene rings is 1. The minimum Gasteiger partial charge on any atom is -0.461 e. The predicted octanol–water partition coefficient (Wildman–Crippen LogP) is 1.86. The number of esters is 1. The number of ether oxygens (including phenoxy) is 1. The third-order valence-electron chi connectivity index (χ3n) is 2.88. The minimum atomic E-state index is -3.77. The fraction of sp³-hybridized carbons (Fsp3) is 0.385. The molecule has 0 bridgehead atoms. The predicted molar refractivity (Wildman–Crippen MR) is 70.9 cm³/mol. The summed E-state index contributed by atoms with van der Waals surface area (Å²) in [4.78, 5) is 11.8. The second-order valence-electron chi connectivity index (χ2n) is 4.55. The zero-order valence-corrected chi connectivity index (χ0v) is 11.8. The lowest BCUT2D eigenvalue weighted by molar-refractivity contribution is -0.134. The molecule has 1 aliphatic heterocycles. The Hall–Kier alpha value is -1.69. The number of carbonyl (C=O) groups excluding carboxylic acids is 1. The Labute approximate surface area is 112 Å². The summed E-state index contributed by atoms with van der Waals surface area (Å²) >= 11 is 0. The van der Waals surface area contributed by atoms with E-state index in [4.69, 9.17) is 4.74 Å². The van der Waals surface area contributed by atoms with Crippen LogP contribution in [-0.4, -0.2) is 26.7 Å². The van der Waals surface area contributed by atoms with Crippen LogP contribution in [0.2, 0.25) is 0 Å². The largest absolute Gasteiger partial charge is 0.461 e. The molecule has 0 aliphatic carbocycles. The summed E-state index contributed by atoms with van der Waals surface area (Å²) in [6.07, 6.45) is 0. The van der Waals surface area contributed by atoms with E-state index in [1.807, 2.05) is 13.8 Å². The van der Waals surface area contributed by atoms with Gasteiger partial charge in [-0.3, -0.25) is 0 Å². The molecule has 1 aliphatic rings. The summed E-state index contributed by atoms with van der Waals surface area (Å²) in [6, 6.07) is 4.93. The van der Waals surface area contributed by atoms with Gasteiger partial charge in [0.25, 0.3) is 10.0 Å². The standard InChI is InChI=1S/C13H15NO4S/c1-4-18-13(15)12-10-7-9(8(2)3)5-6-11(10)19(16,17)14-12/h5-8H,4H2,1-3H3. The average molecular weight is 281 g/mol. The second kappa shape index (κ2) is 4.77. The third-order valence-corrected chi connectivity index (χ3v) is 4.22. The molecule has 0 N–H and O–H groups in total. The van der Waals surface area contributed by atoms with Crippen LogP contribution < -0.4 is 0 Å². The van der Waals surface area contributed by atoms with Gasteiger partial charge < -0.3 is 4.74 Å². The highest BCUT2D eigenvalue weighted by Gasteiger charge is 2.33. The van der Waals surface area contributed by atoms with Gasteiger partial charge in [0.2, 0.25) is 0 Å². The number of sulfonamides is 1. The Kier molecular flexibility index (Phi) is 3.45. The fourth-order valence-corrected chi connectivity index (χ4v) is 3.07. The van der Waals surface area contributed by atoms with E-state index in [0.29, 0.717) is 5.56 Å². The van der Waals surface area contributed by atoms with Crippen molar-refractivity contribution in [2.45, 2.75) is 31.6 Å². The van der Waals surface area contributed by atoms with Gasteiger partial charge in [0, 0.05) is 5.56 Å². The Bertz CT molecular complexity index is 659. The molecule has 0 spiro atoms. The quantitative estimate of drug-likeness (QED) is 0.793. The molecular formula is C13H15NO4S. The van der Waals surface area contributed by atoms with E-state index in [-0.39, 0.29) is 23.1 Å².